The lowest BCUT2D eigenvalue weighted by molar-refractivity contribution is -0.137. The third-order valence-corrected chi connectivity index (χ3v) is 2.38. The molecule has 1 heterocycles. The molecule has 0 bridgehead atoms. The van der Waals surface area contributed by atoms with E-state index in [0.717, 1.165) is 18.6 Å². The second-order valence-corrected chi connectivity index (χ2v) is 3.84. The van der Waals surface area contributed by atoms with E-state index in [0.29, 0.717) is 12.2 Å². The van der Waals surface area contributed by atoms with Gasteiger partial charge in [0, 0.05) is 12.0 Å². The van der Waals surface area contributed by atoms with Gasteiger partial charge in [0.15, 0.2) is 5.82 Å². The second-order valence-electron chi connectivity index (χ2n) is 3.84. The summed E-state index contributed by atoms with van der Waals surface area (Å²) in [6, 6.07) is 4.84. The molecule has 0 saturated carbocycles. The van der Waals surface area contributed by atoms with Crippen LogP contribution in [0.3, 0.4) is 0 Å². The van der Waals surface area contributed by atoms with Crippen molar-refractivity contribution in [3.05, 3.63) is 35.7 Å². The number of aryl methyl sites for hydroxylation is 1. The summed E-state index contributed by atoms with van der Waals surface area (Å²) in [6.45, 7) is 1.96. The Balaban J connectivity index is 2.32. The van der Waals surface area contributed by atoms with E-state index < -0.39 is 11.7 Å². The summed E-state index contributed by atoms with van der Waals surface area (Å²) in [5.41, 5.74) is -0.449. The van der Waals surface area contributed by atoms with Crippen LogP contribution in [0.15, 0.2) is 28.8 Å². The Morgan fingerprint density at radius 3 is 2.72 bits per heavy atom. The lowest BCUT2D eigenvalue weighted by atomic mass is 10.1. The molecule has 0 amide bonds. The van der Waals surface area contributed by atoms with E-state index in [9.17, 15) is 13.2 Å². The molecule has 96 valence electrons. The summed E-state index contributed by atoms with van der Waals surface area (Å²) < 4.78 is 42.6. The lowest BCUT2D eigenvalue weighted by Crippen LogP contribution is -2.04. The van der Waals surface area contributed by atoms with Gasteiger partial charge >= 0.3 is 6.18 Å². The van der Waals surface area contributed by atoms with Gasteiger partial charge in [-0.05, 0) is 24.6 Å². The fraction of sp³-hybridized carbons (Fsp3) is 0.333. The normalized spacial score (nSPS) is 11.8. The van der Waals surface area contributed by atoms with Crippen molar-refractivity contribution in [2.24, 2.45) is 0 Å². The quantitative estimate of drug-likeness (QED) is 0.840. The van der Waals surface area contributed by atoms with Crippen molar-refractivity contribution < 1.29 is 17.7 Å². The van der Waals surface area contributed by atoms with E-state index in [2.05, 4.69) is 10.1 Å². The van der Waals surface area contributed by atoms with Crippen LogP contribution in [0.25, 0.3) is 11.5 Å². The molecule has 2 aromatic rings. The Bertz CT molecular complexity index is 534. The van der Waals surface area contributed by atoms with Gasteiger partial charge in [0.2, 0.25) is 0 Å². The van der Waals surface area contributed by atoms with Gasteiger partial charge in [-0.15, -0.1) is 0 Å². The topological polar surface area (TPSA) is 38.9 Å². The van der Waals surface area contributed by atoms with E-state index in [1.54, 1.807) is 0 Å². The number of nitrogens with zero attached hydrogens (tertiary/aromatic N) is 2. The Labute approximate surface area is 102 Å². The van der Waals surface area contributed by atoms with Crippen LogP contribution in [0.4, 0.5) is 13.2 Å². The van der Waals surface area contributed by atoms with E-state index in [4.69, 9.17) is 4.52 Å². The summed E-state index contributed by atoms with van der Waals surface area (Å²) in [7, 11) is 0. The Hall–Kier alpha value is -1.85. The molecule has 2 rings (SSSR count). The molecule has 0 spiro atoms. The van der Waals surface area contributed by atoms with E-state index >= 15 is 0 Å². The predicted molar refractivity (Wildman–Crippen MR) is 58.7 cm³/mol. The van der Waals surface area contributed by atoms with Crippen molar-refractivity contribution in [1.29, 1.82) is 0 Å². The molecule has 0 radical (unpaired) electrons. The smallest absolute Gasteiger partial charge is 0.334 e. The van der Waals surface area contributed by atoms with Crippen LogP contribution >= 0.6 is 0 Å². The molecule has 0 saturated heterocycles. The van der Waals surface area contributed by atoms with E-state index in [-0.39, 0.29) is 11.5 Å². The summed E-state index contributed by atoms with van der Waals surface area (Å²) in [4.78, 5) is 4.05. The average Bonchev–Trinajstić information content (AvgIpc) is 2.77. The highest BCUT2D eigenvalue weighted by atomic mass is 19.4. The van der Waals surface area contributed by atoms with E-state index in [1.807, 2.05) is 6.92 Å². The van der Waals surface area contributed by atoms with Crippen molar-refractivity contribution in [3.63, 3.8) is 0 Å². The number of rotatable bonds is 3. The minimum Gasteiger partial charge on any atom is -0.334 e. The Morgan fingerprint density at radius 1 is 1.28 bits per heavy atom. The van der Waals surface area contributed by atoms with Crippen LogP contribution < -0.4 is 0 Å². The van der Waals surface area contributed by atoms with Crippen molar-refractivity contribution in [1.82, 2.24) is 10.1 Å². The molecule has 0 N–H and O–H groups in total. The van der Waals surface area contributed by atoms with Crippen LogP contribution in [0.5, 0.6) is 0 Å². The van der Waals surface area contributed by atoms with Gasteiger partial charge in [0.1, 0.15) is 0 Å². The van der Waals surface area contributed by atoms with Crippen molar-refractivity contribution in [2.45, 2.75) is 25.9 Å². The molecule has 1 aromatic carbocycles. The first-order valence-electron chi connectivity index (χ1n) is 5.51. The van der Waals surface area contributed by atoms with Gasteiger partial charge in [-0.25, -0.2) is 0 Å². The summed E-state index contributed by atoms with van der Waals surface area (Å²) >= 11 is 0. The molecule has 0 fully saturated rings. The summed E-state index contributed by atoms with van der Waals surface area (Å²) in [5.74, 6) is 0.620. The van der Waals surface area contributed by atoms with Gasteiger partial charge in [-0.3, -0.25) is 0 Å². The number of alkyl halides is 3. The van der Waals surface area contributed by atoms with Crippen molar-refractivity contribution in [2.75, 3.05) is 0 Å². The standard InChI is InChI=1S/C12H11F3N2O/c1-2-4-10-16-11(18-17-10)8-5-3-6-9(7-8)12(13,14)15/h3,5-7H,2,4H2,1H3. The number of hydrogen-bond acceptors (Lipinski definition) is 3. The lowest BCUT2D eigenvalue weighted by Gasteiger charge is -2.06. The maximum atomic E-state index is 12.5. The molecule has 18 heavy (non-hydrogen) atoms. The van der Waals surface area contributed by atoms with Gasteiger partial charge in [0.25, 0.3) is 5.89 Å². The minimum atomic E-state index is -4.37. The zero-order chi connectivity index (χ0) is 13.2. The second kappa shape index (κ2) is 4.80. The van der Waals surface area contributed by atoms with Gasteiger partial charge in [-0.1, -0.05) is 18.1 Å². The molecule has 0 aliphatic heterocycles. The number of benzene rings is 1. The maximum Gasteiger partial charge on any atom is 0.416 e. The number of hydrogen-bond donors (Lipinski definition) is 0. The van der Waals surface area contributed by atoms with Crippen LogP contribution in [0.2, 0.25) is 0 Å². The SMILES string of the molecule is CCCc1noc(-c2cccc(C(F)(F)F)c2)n1. The number of aromatic nitrogens is 2. The average molecular weight is 256 g/mol. The highest BCUT2D eigenvalue weighted by molar-refractivity contribution is 5.54. The first-order valence-corrected chi connectivity index (χ1v) is 5.51. The highest BCUT2D eigenvalue weighted by Crippen LogP contribution is 2.31. The first kappa shape index (κ1) is 12.6. The third kappa shape index (κ3) is 2.69. The van der Waals surface area contributed by atoms with Crippen LogP contribution in [-0.4, -0.2) is 10.1 Å². The van der Waals surface area contributed by atoms with Crippen LogP contribution in [-0.2, 0) is 12.6 Å². The molecule has 1 aromatic heterocycles. The third-order valence-electron chi connectivity index (χ3n) is 2.38. The summed E-state index contributed by atoms with van der Waals surface area (Å²) in [5, 5.41) is 3.71. The van der Waals surface area contributed by atoms with Gasteiger partial charge < -0.3 is 4.52 Å². The van der Waals surface area contributed by atoms with Gasteiger partial charge in [-0.2, -0.15) is 18.2 Å². The zero-order valence-electron chi connectivity index (χ0n) is 9.66. The maximum absolute atomic E-state index is 12.5. The monoisotopic (exact) mass is 256 g/mol. The fourth-order valence-corrected chi connectivity index (χ4v) is 1.52. The molecule has 0 unspecified atom stereocenters. The molecule has 0 aliphatic rings. The molecule has 0 atom stereocenters. The number of halogens is 3. The first-order chi connectivity index (χ1) is 8.50. The molecular formula is C12H11F3N2O. The largest absolute Gasteiger partial charge is 0.416 e. The summed E-state index contributed by atoms with van der Waals surface area (Å²) in [6.07, 6.45) is -2.88. The predicted octanol–water partition coefficient (Wildman–Crippen LogP) is 3.71. The Kier molecular flexibility index (Phi) is 3.36. The van der Waals surface area contributed by atoms with Crippen LogP contribution in [0.1, 0.15) is 24.7 Å². The minimum absolute atomic E-state index is 0.115. The van der Waals surface area contributed by atoms with Gasteiger partial charge in [0.05, 0.1) is 5.56 Å². The molecule has 3 nitrogen and oxygen atoms in total. The molecule has 6 heteroatoms. The highest BCUT2D eigenvalue weighted by Gasteiger charge is 2.30. The molecular weight excluding hydrogens is 245 g/mol. The zero-order valence-corrected chi connectivity index (χ0v) is 9.66. The van der Waals surface area contributed by atoms with Crippen LogP contribution in [0, 0.1) is 0 Å². The van der Waals surface area contributed by atoms with E-state index in [1.165, 1.54) is 12.1 Å². The van der Waals surface area contributed by atoms with Crippen molar-refractivity contribution >= 4 is 0 Å². The molecule has 0 aliphatic carbocycles. The Morgan fingerprint density at radius 2 is 2.06 bits per heavy atom. The van der Waals surface area contributed by atoms with Crippen molar-refractivity contribution in [3.8, 4) is 11.5 Å². The fourth-order valence-electron chi connectivity index (χ4n) is 1.52.